The largest absolute Gasteiger partial charge is 0.273 e. The van der Waals surface area contributed by atoms with E-state index < -0.39 is 40.6 Å². The Morgan fingerprint density at radius 3 is 2.46 bits per heavy atom. The lowest BCUT2D eigenvalue weighted by molar-refractivity contribution is -0.384. The van der Waals surface area contributed by atoms with Gasteiger partial charge in [0.15, 0.2) is 6.10 Å². The first kappa shape index (κ1) is 22.9. The maximum absolute atomic E-state index is 15.1. The highest BCUT2D eigenvalue weighted by Crippen LogP contribution is 2.50. The molecule has 0 N–H and O–H groups in total. The fourth-order valence-corrected chi connectivity index (χ4v) is 5.04. The molecule has 0 spiro atoms. The van der Waals surface area contributed by atoms with Crippen molar-refractivity contribution >= 4 is 40.5 Å². The van der Waals surface area contributed by atoms with E-state index >= 15 is 4.39 Å². The third-order valence-corrected chi connectivity index (χ3v) is 6.63. The molecule has 0 aromatic heterocycles. The second-order valence-corrected chi connectivity index (χ2v) is 8.94. The second kappa shape index (κ2) is 8.44. The molecule has 2 aliphatic rings. The molecule has 3 atom stereocenters. The lowest BCUT2D eigenvalue weighted by Crippen LogP contribution is -2.38. The van der Waals surface area contributed by atoms with Gasteiger partial charge in [-0.2, -0.15) is 0 Å². The van der Waals surface area contributed by atoms with E-state index in [0.717, 1.165) is 16.0 Å². The molecule has 2 saturated heterocycles. The van der Waals surface area contributed by atoms with Crippen LogP contribution in [0, 0.1) is 35.7 Å². The minimum atomic E-state index is -1.26. The Labute approximate surface area is 204 Å². The van der Waals surface area contributed by atoms with Crippen molar-refractivity contribution < 1.29 is 23.7 Å². The Hall–Kier alpha value is -3.82. The quantitative estimate of drug-likeness (QED) is 0.285. The maximum atomic E-state index is 15.1. The summed E-state index contributed by atoms with van der Waals surface area (Å²) in [5.41, 5.74) is 2.05. The van der Waals surface area contributed by atoms with Crippen LogP contribution < -0.4 is 9.96 Å². The number of benzene rings is 3. The Bertz CT molecular complexity index is 1380. The van der Waals surface area contributed by atoms with E-state index in [-0.39, 0.29) is 22.0 Å². The maximum Gasteiger partial charge on any atom is 0.271 e. The first-order chi connectivity index (χ1) is 16.7. The van der Waals surface area contributed by atoms with Crippen molar-refractivity contribution in [3.8, 4) is 0 Å². The predicted octanol–water partition coefficient (Wildman–Crippen LogP) is 5.06. The molecule has 3 aromatic carbocycles. The molecule has 8 nitrogen and oxygen atoms in total. The van der Waals surface area contributed by atoms with Gasteiger partial charge in [0.25, 0.3) is 11.6 Å². The Balaban J connectivity index is 1.65. The van der Waals surface area contributed by atoms with Gasteiger partial charge in [0, 0.05) is 22.7 Å². The topological polar surface area (TPSA) is 93.0 Å². The molecule has 2 fully saturated rings. The van der Waals surface area contributed by atoms with Crippen LogP contribution >= 0.6 is 11.6 Å². The molecule has 10 heteroatoms. The minimum Gasteiger partial charge on any atom is -0.273 e. The number of hydroxylamine groups is 1. The summed E-state index contributed by atoms with van der Waals surface area (Å²) < 4.78 is 15.1. The summed E-state index contributed by atoms with van der Waals surface area (Å²) in [6, 6.07) is 13.8. The summed E-state index contributed by atoms with van der Waals surface area (Å²) in [6.07, 6.45) is -1.26. The summed E-state index contributed by atoms with van der Waals surface area (Å²) in [6.45, 7) is 3.69. The third-order valence-electron chi connectivity index (χ3n) is 6.30. The molecule has 0 unspecified atom stereocenters. The number of imide groups is 1. The molecule has 35 heavy (non-hydrogen) atoms. The lowest BCUT2D eigenvalue weighted by Gasteiger charge is -2.29. The van der Waals surface area contributed by atoms with Crippen molar-refractivity contribution in [2.45, 2.75) is 26.0 Å². The van der Waals surface area contributed by atoms with Gasteiger partial charge in [0.2, 0.25) is 5.91 Å². The standard InChI is InChI=1S/C25H19ClFN3O5/c1-13-9-10-19(14(2)11-13)28-24(31)21-22(20-17(26)7-4-8-18(20)27)29(35-23(21)25(28)32)15-5-3-6-16(12-15)30(33)34/h3-12,21-23H,1-2H3/t21-,22+,23+/m0/s1. The molecule has 5 rings (SSSR count). The Morgan fingerprint density at radius 2 is 1.77 bits per heavy atom. The SMILES string of the molecule is Cc1ccc(N2C(=O)[C@H]3[C@@H](c4c(F)cccc4Cl)N(c4cccc([N+](=O)[O-])c4)O[C@H]3C2=O)c(C)c1. The molecular weight excluding hydrogens is 477 g/mol. The smallest absolute Gasteiger partial charge is 0.271 e. The van der Waals surface area contributed by atoms with E-state index in [4.69, 9.17) is 16.4 Å². The number of fused-ring (bicyclic) bond motifs is 1. The van der Waals surface area contributed by atoms with Crippen LogP contribution in [0.25, 0.3) is 0 Å². The first-order valence-electron chi connectivity index (χ1n) is 10.8. The van der Waals surface area contributed by atoms with Crippen molar-refractivity contribution in [2.75, 3.05) is 9.96 Å². The van der Waals surface area contributed by atoms with Crippen LogP contribution in [0.2, 0.25) is 5.02 Å². The van der Waals surface area contributed by atoms with Gasteiger partial charge in [0.05, 0.1) is 16.3 Å². The zero-order valence-corrected chi connectivity index (χ0v) is 19.4. The molecule has 0 bridgehead atoms. The Morgan fingerprint density at radius 1 is 1.03 bits per heavy atom. The number of nitrogens with zero attached hydrogens (tertiary/aromatic N) is 3. The zero-order valence-electron chi connectivity index (χ0n) is 18.6. The van der Waals surface area contributed by atoms with Crippen molar-refractivity contribution in [3.63, 3.8) is 0 Å². The molecule has 178 valence electrons. The molecule has 2 heterocycles. The van der Waals surface area contributed by atoms with Crippen LogP contribution in [-0.2, 0) is 14.4 Å². The van der Waals surface area contributed by atoms with Gasteiger partial charge in [0.1, 0.15) is 17.8 Å². The first-order valence-corrected chi connectivity index (χ1v) is 11.2. The fraction of sp³-hybridized carbons (Fsp3) is 0.200. The number of amides is 2. The predicted molar refractivity (Wildman–Crippen MR) is 126 cm³/mol. The van der Waals surface area contributed by atoms with E-state index in [1.54, 1.807) is 19.1 Å². The van der Waals surface area contributed by atoms with E-state index in [1.807, 2.05) is 13.0 Å². The number of carbonyl (C=O) groups is 2. The summed E-state index contributed by atoms with van der Waals surface area (Å²) in [5.74, 6) is -2.98. The van der Waals surface area contributed by atoms with Crippen LogP contribution in [0.3, 0.4) is 0 Å². The number of non-ortho nitro benzene ring substituents is 1. The number of rotatable bonds is 4. The molecule has 0 radical (unpaired) electrons. The van der Waals surface area contributed by atoms with Crippen LogP contribution in [-0.4, -0.2) is 22.8 Å². The highest BCUT2D eigenvalue weighted by molar-refractivity contribution is 6.31. The molecular formula is C25H19ClFN3O5. The van der Waals surface area contributed by atoms with Gasteiger partial charge in [-0.1, -0.05) is 41.4 Å². The molecule has 3 aromatic rings. The van der Waals surface area contributed by atoms with E-state index in [0.29, 0.717) is 5.69 Å². The molecule has 0 saturated carbocycles. The van der Waals surface area contributed by atoms with Crippen LogP contribution in [0.4, 0.5) is 21.5 Å². The highest BCUT2D eigenvalue weighted by Gasteiger charge is 2.61. The average Bonchev–Trinajstić information content (AvgIpc) is 3.30. The van der Waals surface area contributed by atoms with Crippen molar-refractivity contribution in [3.05, 3.63) is 98.3 Å². The van der Waals surface area contributed by atoms with Crippen LogP contribution in [0.15, 0.2) is 60.7 Å². The van der Waals surface area contributed by atoms with E-state index in [9.17, 15) is 19.7 Å². The molecule has 2 aliphatic heterocycles. The number of aryl methyl sites for hydroxylation is 2. The van der Waals surface area contributed by atoms with Gasteiger partial charge < -0.3 is 0 Å². The Kier molecular flexibility index (Phi) is 5.53. The third kappa shape index (κ3) is 3.64. The lowest BCUT2D eigenvalue weighted by atomic mass is 9.90. The monoisotopic (exact) mass is 495 g/mol. The number of nitro benzene ring substituents is 1. The fourth-order valence-electron chi connectivity index (χ4n) is 4.76. The zero-order chi connectivity index (χ0) is 25.0. The average molecular weight is 496 g/mol. The van der Waals surface area contributed by atoms with Gasteiger partial charge >= 0.3 is 0 Å². The summed E-state index contributed by atoms with van der Waals surface area (Å²) in [7, 11) is 0. The van der Waals surface area contributed by atoms with Crippen molar-refractivity contribution in [1.29, 1.82) is 0 Å². The van der Waals surface area contributed by atoms with Crippen molar-refractivity contribution in [1.82, 2.24) is 0 Å². The minimum absolute atomic E-state index is 0.0307. The van der Waals surface area contributed by atoms with Gasteiger partial charge in [-0.05, 0) is 43.7 Å². The number of carbonyl (C=O) groups excluding carboxylic acids is 2. The van der Waals surface area contributed by atoms with Crippen molar-refractivity contribution in [2.24, 2.45) is 5.92 Å². The van der Waals surface area contributed by atoms with Gasteiger partial charge in [-0.15, -0.1) is 0 Å². The van der Waals surface area contributed by atoms with E-state index in [1.165, 1.54) is 47.5 Å². The molecule has 2 amide bonds. The number of halogens is 2. The number of hydrogen-bond acceptors (Lipinski definition) is 6. The highest BCUT2D eigenvalue weighted by atomic mass is 35.5. The summed E-state index contributed by atoms with van der Waals surface area (Å²) in [5, 5.41) is 12.6. The normalized spacial score (nSPS) is 21.5. The van der Waals surface area contributed by atoms with Gasteiger partial charge in [-0.3, -0.25) is 24.5 Å². The number of nitro groups is 1. The summed E-state index contributed by atoms with van der Waals surface area (Å²) >= 11 is 6.37. The number of hydrogen-bond donors (Lipinski definition) is 0. The second-order valence-electron chi connectivity index (χ2n) is 8.54. The van der Waals surface area contributed by atoms with Crippen LogP contribution in [0.1, 0.15) is 22.7 Å². The van der Waals surface area contributed by atoms with Crippen LogP contribution in [0.5, 0.6) is 0 Å². The van der Waals surface area contributed by atoms with E-state index in [2.05, 4.69) is 0 Å². The number of anilines is 2. The molecule has 0 aliphatic carbocycles. The van der Waals surface area contributed by atoms with Gasteiger partial charge in [-0.25, -0.2) is 14.4 Å². The summed E-state index contributed by atoms with van der Waals surface area (Å²) in [4.78, 5) is 44.9.